The van der Waals surface area contributed by atoms with Crippen molar-refractivity contribution in [3.8, 4) is 0 Å². The monoisotopic (exact) mass is 839 g/mol. The molecule has 0 spiro atoms. The van der Waals surface area contributed by atoms with E-state index in [0.717, 1.165) is 29.0 Å². The highest BCUT2D eigenvalue weighted by Crippen LogP contribution is 2.61. The Bertz CT molecular complexity index is 1750. The van der Waals surface area contributed by atoms with Crippen LogP contribution in [0.3, 0.4) is 0 Å². The summed E-state index contributed by atoms with van der Waals surface area (Å²) < 4.78 is 61.9. The summed E-state index contributed by atoms with van der Waals surface area (Å²) in [4.78, 5) is 86.5. The fraction of sp³-hybridized carbons (Fsp3) is 0.667. The standard InChI is InChI=1S/C24H40N7O18P3S/c1-24(2,19(36)22(37)27-5-3-14(33)26-6-8-53-15(34)4-7-32)10-46-52(43,44)49-51(41,42)45-9-13-18(48-50(38,39)40)17(35)23(47-13)31-12-30-16-20(25)28-11-29-21(16)31/h11-13,17-19,23,32,35-36H,3-10H2,1-2H3,(H,26,33)(H,27,37)(H,41,42)(H,43,44)(H2,25,28,29)(H2,38,39,40)/t13-,17?,18+,19+,23-/m1/s1. The van der Waals surface area contributed by atoms with Crippen LogP contribution >= 0.6 is 35.2 Å². The van der Waals surface area contributed by atoms with E-state index in [1.807, 2.05) is 0 Å². The van der Waals surface area contributed by atoms with Crippen LogP contribution in [0.5, 0.6) is 0 Å². The molecule has 2 amide bonds. The SMILES string of the molecule is CC(C)(COP(=O)(O)OP(=O)(O)OC[C@H]1O[C@@H](n2cnc3c(N)ncnc32)C(O)[C@H]1OP(=O)(O)O)[C@@H](O)C(=O)NCCC(=O)NCCSC(=O)CCO. The average molecular weight is 840 g/mol. The number of nitrogen functional groups attached to an aromatic ring is 1. The Hall–Kier alpha value is -2.48. The van der Waals surface area contributed by atoms with Gasteiger partial charge in [0, 0.05) is 37.1 Å². The van der Waals surface area contributed by atoms with Gasteiger partial charge >= 0.3 is 23.5 Å². The molecule has 3 rings (SSSR count). The van der Waals surface area contributed by atoms with Gasteiger partial charge in [-0.2, -0.15) is 4.31 Å². The van der Waals surface area contributed by atoms with Crippen LogP contribution < -0.4 is 16.4 Å². The van der Waals surface area contributed by atoms with Crippen molar-refractivity contribution in [1.29, 1.82) is 0 Å². The van der Waals surface area contributed by atoms with E-state index in [1.54, 1.807) is 0 Å². The van der Waals surface area contributed by atoms with Crippen molar-refractivity contribution in [2.45, 2.75) is 57.3 Å². The molecule has 3 heterocycles. The van der Waals surface area contributed by atoms with Crippen molar-refractivity contribution in [3.63, 3.8) is 0 Å². The van der Waals surface area contributed by atoms with Crippen LogP contribution in [-0.4, -0.2) is 134 Å². The Morgan fingerprint density at radius 2 is 1.74 bits per heavy atom. The lowest BCUT2D eigenvalue weighted by Gasteiger charge is -2.30. The van der Waals surface area contributed by atoms with E-state index in [9.17, 15) is 57.9 Å². The summed E-state index contributed by atoms with van der Waals surface area (Å²) >= 11 is 0.935. The molecule has 53 heavy (non-hydrogen) atoms. The number of aromatic nitrogens is 4. The predicted molar refractivity (Wildman–Crippen MR) is 179 cm³/mol. The lowest BCUT2D eigenvalue weighted by molar-refractivity contribution is -0.137. The minimum Gasteiger partial charge on any atom is -0.396 e. The van der Waals surface area contributed by atoms with Crippen molar-refractivity contribution in [1.82, 2.24) is 30.2 Å². The molecule has 1 saturated heterocycles. The second-order valence-electron chi connectivity index (χ2n) is 11.8. The molecular formula is C24H40N7O18P3S. The normalized spacial score (nSPS) is 22.2. The third-order valence-corrected chi connectivity index (χ3v) is 11.1. The molecule has 1 fully saturated rings. The largest absolute Gasteiger partial charge is 0.481 e. The van der Waals surface area contributed by atoms with Gasteiger partial charge < -0.3 is 56.0 Å². The first-order chi connectivity index (χ1) is 24.6. The highest BCUT2D eigenvalue weighted by molar-refractivity contribution is 8.13. The molecule has 7 atom stereocenters. The Morgan fingerprint density at radius 3 is 2.40 bits per heavy atom. The van der Waals surface area contributed by atoms with Crippen molar-refractivity contribution >= 4 is 69.1 Å². The van der Waals surface area contributed by atoms with Crippen LogP contribution in [0.2, 0.25) is 0 Å². The van der Waals surface area contributed by atoms with Crippen LogP contribution in [0, 0.1) is 5.41 Å². The molecule has 300 valence electrons. The number of nitrogens with two attached hydrogens (primary N) is 1. The van der Waals surface area contributed by atoms with E-state index >= 15 is 0 Å². The third-order valence-electron chi connectivity index (χ3n) is 7.08. The zero-order valence-electron chi connectivity index (χ0n) is 27.9. The molecule has 29 heteroatoms. The van der Waals surface area contributed by atoms with E-state index < -0.39 is 84.6 Å². The van der Waals surface area contributed by atoms with Gasteiger partial charge in [-0.05, 0) is 0 Å². The number of carbonyl (C=O) groups excluding carboxylic acids is 3. The Balaban J connectivity index is 1.52. The van der Waals surface area contributed by atoms with Gasteiger partial charge in [-0.25, -0.2) is 28.6 Å². The third kappa shape index (κ3) is 13.6. The van der Waals surface area contributed by atoms with Crippen molar-refractivity contribution < 1.29 is 85.6 Å². The number of nitrogens with zero attached hydrogens (tertiary/aromatic N) is 4. The van der Waals surface area contributed by atoms with Gasteiger partial charge in [0.1, 0.15) is 36.3 Å². The van der Waals surface area contributed by atoms with Crippen molar-refractivity contribution in [3.05, 3.63) is 12.7 Å². The quantitative estimate of drug-likeness (QED) is 0.0482. The Morgan fingerprint density at radius 1 is 1.06 bits per heavy atom. The number of rotatable bonds is 21. The smallest absolute Gasteiger partial charge is 0.396 e. The second kappa shape index (κ2) is 18.9. The molecule has 11 N–H and O–H groups in total. The molecule has 1 aliphatic heterocycles. The minimum atomic E-state index is -5.57. The van der Waals surface area contributed by atoms with Crippen molar-refractivity contribution in [2.24, 2.45) is 5.41 Å². The lowest BCUT2D eigenvalue weighted by atomic mass is 9.87. The predicted octanol–water partition coefficient (Wildman–Crippen LogP) is -1.95. The van der Waals surface area contributed by atoms with Crippen LogP contribution in [0.25, 0.3) is 11.2 Å². The Kier molecular flexibility index (Phi) is 16.0. The van der Waals surface area contributed by atoms with Gasteiger partial charge in [-0.15, -0.1) is 0 Å². The number of phosphoric acid groups is 3. The number of aliphatic hydroxyl groups is 3. The average Bonchev–Trinajstić information content (AvgIpc) is 3.61. The summed E-state index contributed by atoms with van der Waals surface area (Å²) in [5.41, 5.74) is 4.23. The van der Waals surface area contributed by atoms with Gasteiger partial charge in [0.2, 0.25) is 11.8 Å². The molecule has 0 aromatic carbocycles. The first-order valence-electron chi connectivity index (χ1n) is 15.2. The summed E-state index contributed by atoms with van der Waals surface area (Å²) in [5, 5.41) is 34.6. The highest BCUT2D eigenvalue weighted by Gasteiger charge is 2.50. The number of imidazole rings is 1. The number of nitrogens with one attached hydrogen (secondary N) is 2. The van der Waals surface area contributed by atoms with E-state index in [0.29, 0.717) is 0 Å². The molecule has 0 aliphatic carbocycles. The number of carbonyl (C=O) groups is 3. The number of ether oxygens (including phenoxy) is 1. The van der Waals surface area contributed by atoms with Crippen LogP contribution in [0.15, 0.2) is 12.7 Å². The molecule has 1 aliphatic rings. The van der Waals surface area contributed by atoms with Crippen molar-refractivity contribution in [2.75, 3.05) is 44.4 Å². The fourth-order valence-corrected chi connectivity index (χ4v) is 7.95. The van der Waals surface area contributed by atoms with Gasteiger partial charge in [0.05, 0.1) is 26.1 Å². The lowest BCUT2D eigenvalue weighted by Crippen LogP contribution is -2.46. The number of phosphoric ester groups is 3. The maximum atomic E-state index is 12.6. The summed E-state index contributed by atoms with van der Waals surface area (Å²) in [6.45, 7) is 0.0885. The zero-order valence-corrected chi connectivity index (χ0v) is 31.4. The number of fused-ring (bicyclic) bond motifs is 1. The molecular weight excluding hydrogens is 799 g/mol. The number of amides is 2. The van der Waals surface area contributed by atoms with Gasteiger partial charge in [-0.3, -0.25) is 32.5 Å². The van der Waals surface area contributed by atoms with Crippen LogP contribution in [0.1, 0.15) is 32.9 Å². The summed E-state index contributed by atoms with van der Waals surface area (Å²) in [5.74, 6) is -1.24. The first-order valence-corrected chi connectivity index (χ1v) is 20.7. The van der Waals surface area contributed by atoms with Gasteiger partial charge in [0.25, 0.3) is 0 Å². The first kappa shape index (κ1) is 44.9. The summed E-state index contributed by atoms with van der Waals surface area (Å²) in [6, 6.07) is 0. The van der Waals surface area contributed by atoms with E-state index in [2.05, 4.69) is 34.4 Å². The van der Waals surface area contributed by atoms with Crippen LogP contribution in [-0.2, 0) is 50.7 Å². The maximum absolute atomic E-state index is 12.6. The number of aliphatic hydroxyl groups excluding tert-OH is 3. The minimum absolute atomic E-state index is 0.0134. The molecule has 0 saturated carbocycles. The second-order valence-corrected chi connectivity index (χ2v) is 17.2. The van der Waals surface area contributed by atoms with Gasteiger partial charge in [0.15, 0.2) is 22.8 Å². The Labute approximate surface area is 304 Å². The number of anilines is 1. The van der Waals surface area contributed by atoms with E-state index in [1.165, 1.54) is 13.8 Å². The topological polar surface area (TPSA) is 384 Å². The highest BCUT2D eigenvalue weighted by atomic mass is 32.2. The molecule has 25 nitrogen and oxygen atoms in total. The molecule has 0 bridgehead atoms. The number of hydrogen-bond acceptors (Lipinski definition) is 19. The fourth-order valence-electron chi connectivity index (χ4n) is 4.46. The zero-order chi connectivity index (χ0) is 39.8. The van der Waals surface area contributed by atoms with E-state index in [-0.39, 0.29) is 60.4 Å². The molecule has 2 aromatic rings. The van der Waals surface area contributed by atoms with Crippen LogP contribution in [0.4, 0.5) is 5.82 Å². The summed E-state index contributed by atoms with van der Waals surface area (Å²) in [6.07, 6.45) is -6.99. The molecule has 2 aromatic heterocycles. The van der Waals surface area contributed by atoms with Gasteiger partial charge in [-0.1, -0.05) is 25.6 Å². The maximum Gasteiger partial charge on any atom is 0.481 e. The van der Waals surface area contributed by atoms with E-state index in [4.69, 9.17) is 24.6 Å². The summed E-state index contributed by atoms with van der Waals surface area (Å²) in [7, 11) is -16.4. The molecule has 3 unspecified atom stereocenters. The molecule has 0 radical (unpaired) electrons. The number of thioether (sulfide) groups is 1. The number of hydrogen-bond donors (Lipinski definition) is 10.